The molecule has 0 fully saturated rings. The summed E-state index contributed by atoms with van der Waals surface area (Å²) in [5.41, 5.74) is 0. The molecule has 105 heavy (non-hydrogen) atoms. The molecule has 0 aliphatic rings. The molecule has 0 radical (unpaired) electrons. The second kappa shape index (κ2) is 37.6. The van der Waals surface area contributed by atoms with E-state index in [1.54, 1.807) is 0 Å². The van der Waals surface area contributed by atoms with Crippen LogP contribution in [0.15, 0.2) is 0 Å². The molecule has 36 heteroatoms. The first-order valence-corrected chi connectivity index (χ1v) is 120. The third kappa shape index (κ3) is 10.9. The van der Waals surface area contributed by atoms with Crippen LogP contribution in [0.3, 0.4) is 0 Å². The molecule has 1 nitrogen and oxygen atoms in total. The molecule has 0 spiro atoms. The molecular formula is C69H214OS34Si. The summed E-state index contributed by atoms with van der Waals surface area (Å²) in [6.07, 6.45) is 194. The SMILES string of the molecule is C[SH](C)C([SH](C)C)([SH](C)C)[Si](OC([SH](C)C)(S(C)([SH](C)C)([SH](C)C)([SH](C)C)C(S)([SH](C)C)[SH](C)C)S([SH](C)C)([SH](C)C)([SH](C)C)(C([SH](C)C)([SH](C)C)[SH](C)C)C([SH](C)C)([SH](C)C)[SH](C)C)(C([SH](C)C)([SH](C)C)[SH](C)C)S([SH](C)C)([SH](C)C)([SH](C)C)(C([SH](C)C)([SH](C)C)[SH](C)C)C([SH](C)C)([SH](C)C)[SH](C)C. The molecule has 0 bridgehead atoms. The molecule has 0 N–H and O–H groups in total. The lowest BCUT2D eigenvalue weighted by molar-refractivity contribution is 0.325. The zero-order chi connectivity index (χ0) is 85.8. The van der Waals surface area contributed by atoms with E-state index in [0.29, 0.717) is 0 Å². The molecule has 0 rings (SSSR count). The molecule has 0 saturated carbocycles. The smallest absolute Gasteiger partial charge is 0.316 e. The van der Waals surface area contributed by atoms with Crippen LogP contribution in [0.25, 0.3) is 0 Å². The molecule has 704 valence electrons. The summed E-state index contributed by atoms with van der Waals surface area (Å²) in [6.45, 7) is 0. The third-order valence-electron chi connectivity index (χ3n) is 27.4. The largest absolute Gasteiger partial charge is 0.373 e. The van der Waals surface area contributed by atoms with Gasteiger partial charge in [0.2, 0.25) is 0 Å². The van der Waals surface area contributed by atoms with E-state index in [0.717, 1.165) is 0 Å². The first-order chi connectivity index (χ1) is 46.6. The van der Waals surface area contributed by atoms with Crippen molar-refractivity contribution in [1.29, 1.82) is 0 Å². The molecule has 0 aromatic carbocycles. The van der Waals surface area contributed by atoms with E-state index < -0.39 is 345 Å². The van der Waals surface area contributed by atoms with Gasteiger partial charge in [0, 0.05) is 0 Å². The highest BCUT2D eigenvalue weighted by atomic mass is 34.0. The van der Waals surface area contributed by atoms with Gasteiger partial charge in [0.1, 0.15) is 2.74 Å². The monoisotopic (exact) mass is 2170 g/mol. The minimum absolute atomic E-state index is 0.0177. The van der Waals surface area contributed by atoms with Gasteiger partial charge in [-0.3, -0.25) is 0 Å². The van der Waals surface area contributed by atoms with Crippen molar-refractivity contribution < 1.29 is 4.43 Å². The number of thiol groups is 31. The Morgan fingerprint density at radius 2 is 0.362 bits per heavy atom. The molecule has 0 aromatic rings. The normalized spacial score (nSPS) is 20.9. The Bertz CT molecular complexity index is 2560. The fraction of sp³-hybridized carbons (Fsp3) is 1.00. The van der Waals surface area contributed by atoms with E-state index in [1.807, 2.05) is 0 Å². The van der Waals surface area contributed by atoms with Crippen molar-refractivity contribution in [1.82, 2.24) is 0 Å². The van der Waals surface area contributed by atoms with Crippen molar-refractivity contribution in [2.24, 2.45) is 0 Å². The Hall–Kier alpha value is 12.1. The number of hydrogen-bond acceptors (Lipinski definition) is 2. The summed E-state index contributed by atoms with van der Waals surface area (Å²) >= 11 is 8.01. The predicted octanol–water partition coefficient (Wildman–Crippen LogP) is 21.7. The van der Waals surface area contributed by atoms with Crippen LogP contribution in [-0.4, -0.2) is 412 Å². The molecule has 0 aromatic heterocycles. The van der Waals surface area contributed by atoms with E-state index in [-0.39, 0.29) is 19.8 Å². The van der Waals surface area contributed by atoms with Crippen molar-refractivity contribution in [3.8, 4) is 0 Å². The Balaban J connectivity index is 18.6. The van der Waals surface area contributed by atoms with Gasteiger partial charge < -0.3 is 4.43 Å². The van der Waals surface area contributed by atoms with Crippen molar-refractivity contribution in [3.63, 3.8) is 0 Å². The zero-order valence-corrected chi connectivity index (χ0v) is 112. The lowest BCUT2D eigenvalue weighted by Gasteiger charge is -3.18. The zero-order valence-electron chi connectivity index (χ0n) is 81.0. The van der Waals surface area contributed by atoms with Crippen LogP contribution in [0.5, 0.6) is 0 Å². The molecule has 0 aliphatic carbocycles. The maximum absolute atomic E-state index is 14.1. The van der Waals surface area contributed by atoms with E-state index in [9.17, 15) is 4.43 Å². The molecule has 1 unspecified atom stereocenters. The Morgan fingerprint density at radius 1 is 0.200 bits per heavy atom. The van der Waals surface area contributed by atoms with Crippen LogP contribution in [0, 0.1) is 0 Å². The summed E-state index contributed by atoms with van der Waals surface area (Å²) < 4.78 is 13.6. The number of hydrogen-bond donors (Lipinski definition) is 31. The van der Waals surface area contributed by atoms with Crippen molar-refractivity contribution in [2.75, 3.05) is 382 Å². The minimum atomic E-state index is -4.92. The van der Waals surface area contributed by atoms with Gasteiger partial charge in [-0.15, -0.1) is 22.9 Å². The highest BCUT2D eigenvalue weighted by molar-refractivity contribution is 9.83. The maximum Gasteiger partial charge on any atom is 0.316 e. The first-order valence-electron chi connectivity index (χ1n) is 36.3. The fourth-order valence-corrected chi connectivity index (χ4v) is 573. The topological polar surface area (TPSA) is 9.23 Å². The van der Waals surface area contributed by atoms with Crippen LogP contribution in [0.2, 0.25) is 0 Å². The van der Waals surface area contributed by atoms with E-state index in [4.69, 9.17) is 12.6 Å². The summed E-state index contributed by atoms with van der Waals surface area (Å²) in [7, 11) is -27.8. The molecule has 0 heterocycles. The van der Waals surface area contributed by atoms with E-state index in [1.165, 1.54) is 0 Å². The molecular weight excluding hydrogens is 1960 g/mol. The molecule has 1 atom stereocenters. The number of rotatable bonds is 42. The van der Waals surface area contributed by atoms with Gasteiger partial charge in [0.05, 0.1) is 17.0 Å². The molecule has 0 amide bonds. The van der Waals surface area contributed by atoms with Crippen molar-refractivity contribution >= 4 is 354 Å². The van der Waals surface area contributed by atoms with Gasteiger partial charge in [-0.1, -0.05) is 0 Å². The molecule has 0 aliphatic heterocycles. The summed E-state index contributed by atoms with van der Waals surface area (Å²) in [5, 5.41) is -9.64. The second-order valence-electron chi connectivity index (χ2n) is 36.1. The van der Waals surface area contributed by atoms with Crippen LogP contribution in [0.4, 0.5) is 0 Å². The van der Waals surface area contributed by atoms with Crippen molar-refractivity contribution in [3.05, 3.63) is 0 Å². The Labute approximate surface area is 750 Å². The second-order valence-corrected chi connectivity index (χ2v) is 196. The standard InChI is InChI=1S/C69H214OS34Si/c1-72(2)62(102(61,93(43)44,94(45)46,95(47)48)63(71,73(3)4)74(5)6,103(96(49)50,97(51)52,98(53)54,64(75(7)8,76(9)10)77(11)12)65(78(13)14,79(15)16)80(17)18)70-105(68(87(31)32,88(33)34)89(35)36,69(90(37)38,91(39)40)92(41)42)104(99(55)56,100(57)58,101(59)60,66(81(19)20,82(21)22)83(23)24)67(84(25)26,85(27)28)86(29)30/h71-101H,1-61H3. The van der Waals surface area contributed by atoms with Gasteiger partial charge in [0.15, 0.2) is 3.60 Å². The average molecular weight is 2180 g/mol. The lowest BCUT2D eigenvalue weighted by Crippen LogP contribution is -2.92. The van der Waals surface area contributed by atoms with Crippen molar-refractivity contribution in [2.45, 2.75) is 23.4 Å². The van der Waals surface area contributed by atoms with Gasteiger partial charge in [-0.2, -0.15) is 5.39 Å². The predicted molar refractivity (Wildman–Crippen MR) is 691 cm³/mol. The van der Waals surface area contributed by atoms with Gasteiger partial charge in [-0.25, -0.2) is 318 Å². The van der Waals surface area contributed by atoms with Gasteiger partial charge in [-0.05, 0) is 382 Å². The highest BCUT2D eigenvalue weighted by Gasteiger charge is 3.10. The van der Waals surface area contributed by atoms with Gasteiger partial charge in [0.25, 0.3) is 0 Å². The average Bonchev–Trinajstić information content (AvgIpc) is 0.553. The maximum atomic E-state index is 14.1. The van der Waals surface area contributed by atoms with Crippen LogP contribution < -0.4 is 0 Å². The quantitative estimate of drug-likeness (QED) is 0.0166. The van der Waals surface area contributed by atoms with E-state index >= 15 is 0 Å². The minimum Gasteiger partial charge on any atom is -0.373 e. The summed E-state index contributed by atoms with van der Waals surface area (Å²) in [4.78, 5) is -4.78. The fourth-order valence-electron chi connectivity index (χ4n) is 28.7. The Morgan fingerprint density at radius 3 is 0.457 bits per heavy atom. The van der Waals surface area contributed by atoms with Gasteiger partial charge >= 0.3 is 7.47 Å². The first kappa shape index (κ1) is 117. The Kier molecular flexibility index (Phi) is 42.0. The van der Waals surface area contributed by atoms with Crippen LogP contribution in [0.1, 0.15) is 0 Å². The lowest BCUT2D eigenvalue weighted by atomic mass is 11.6. The molecule has 0 saturated heterocycles. The third-order valence-corrected chi connectivity index (χ3v) is 364. The summed E-state index contributed by atoms with van der Waals surface area (Å²) in [6, 6.07) is 0. The van der Waals surface area contributed by atoms with Crippen LogP contribution in [-0.2, 0) is 4.43 Å². The van der Waals surface area contributed by atoms with Crippen LogP contribution >= 0.6 is 346 Å². The van der Waals surface area contributed by atoms with E-state index in [2.05, 4.69) is 382 Å². The summed E-state index contributed by atoms with van der Waals surface area (Å²) in [5.74, 6) is 0. The highest BCUT2D eigenvalue weighted by Crippen LogP contribution is 3.49.